The average Bonchev–Trinajstić information content (AvgIpc) is 0.803. The molecule has 0 fully saturated rings. The van der Waals surface area contributed by atoms with E-state index >= 15 is 0 Å². The molecule has 0 unspecified atom stereocenters. The van der Waals surface area contributed by atoms with E-state index in [0.29, 0.717) is 0 Å². The normalized spacial score (nSPS) is 8.87. The van der Waals surface area contributed by atoms with Gasteiger partial charge in [-0.05, 0) is 207 Å². The molecule has 6 heteroatoms. The van der Waals surface area contributed by atoms with Crippen LogP contribution in [0.2, 0.25) is 0 Å². The Labute approximate surface area is 877 Å². The average molecular weight is 1940 g/mol. The Balaban J connectivity index is -0.000000738. The summed E-state index contributed by atoms with van der Waals surface area (Å²) < 4.78 is 30.8. The number of ether oxygens (including phenoxy) is 6. The number of methoxy groups -OCH3 is 6. The standard InChI is InChI=1S/C12H12O2.5C12H12.3C11H10O.C7H8O.13C2H6/c1-13-11-5-3-9-4-6-12(14-2)8-10(9)7-11;5*1-2-10-7-5-8-11-6-3-4-9-12(10)11;2*1-12-11-8-4-6-9-5-2-3-7-10(9)11;1-12-11-7-6-9-4-2-3-5-10(9)8-11;1-8-7-5-3-2-4-6-7;13*1-2/h3-8H,1-2H3;5*3-9H,2H2,1H3;3*2-8H,1H3;2-6H,1H3;13*1-2H3. The van der Waals surface area contributed by atoms with Gasteiger partial charge in [-0.25, -0.2) is 0 Å². The van der Waals surface area contributed by atoms with Crippen molar-refractivity contribution in [3.05, 3.63) is 434 Å². The maximum Gasteiger partial charge on any atom is 0.126 e. The van der Waals surface area contributed by atoms with Crippen LogP contribution in [-0.2, 0) is 32.1 Å². The molecule has 0 bridgehead atoms. The molecule has 0 aromatic heterocycles. The summed E-state index contributed by atoms with van der Waals surface area (Å²) in [6.45, 7) is 63.0. The van der Waals surface area contributed by atoms with Gasteiger partial charge in [0.05, 0.1) is 42.7 Å². The van der Waals surface area contributed by atoms with Crippen molar-refractivity contribution >= 4 is 97.0 Å². The zero-order valence-corrected chi connectivity index (χ0v) is 96.2. The Morgan fingerprint density at radius 2 is 0.292 bits per heavy atom. The molecule has 0 saturated carbocycles. The first-order valence-corrected chi connectivity index (χ1v) is 53.7. The highest BCUT2D eigenvalue weighted by Gasteiger charge is 2.05. The van der Waals surface area contributed by atoms with E-state index in [2.05, 4.69) is 302 Å². The van der Waals surface area contributed by atoms with Gasteiger partial charge in [-0.15, -0.1) is 0 Å². The number of fused-ring (bicyclic) bond motifs is 9. The molecule has 0 spiro atoms. The first kappa shape index (κ1) is 137. The Kier molecular flexibility index (Phi) is 88.2. The third kappa shape index (κ3) is 49.3. The molecule has 19 aromatic rings. The minimum absolute atomic E-state index is 0.866. The van der Waals surface area contributed by atoms with Crippen molar-refractivity contribution in [2.75, 3.05) is 42.7 Å². The molecule has 0 atom stereocenters. The molecule has 776 valence electrons. The Bertz CT molecular complexity index is 5360. The first-order chi connectivity index (χ1) is 71.1. The fourth-order valence-corrected chi connectivity index (χ4v) is 14.1. The van der Waals surface area contributed by atoms with Crippen molar-refractivity contribution in [2.45, 2.75) is 247 Å². The van der Waals surface area contributed by atoms with Crippen LogP contribution in [0.4, 0.5) is 0 Å². The van der Waals surface area contributed by atoms with Crippen LogP contribution in [0.1, 0.15) is 242 Å². The van der Waals surface area contributed by atoms with Crippen molar-refractivity contribution in [2.24, 2.45) is 0 Å². The molecule has 0 heterocycles. The number of benzene rings is 19. The Morgan fingerprint density at radius 3 is 0.500 bits per heavy atom. The second-order valence-electron chi connectivity index (χ2n) is 27.6. The van der Waals surface area contributed by atoms with Gasteiger partial charge in [0, 0.05) is 10.8 Å². The number of rotatable bonds is 11. The second kappa shape index (κ2) is 93.0. The highest BCUT2D eigenvalue weighted by molar-refractivity contribution is 5.92. The minimum atomic E-state index is 0.866. The lowest BCUT2D eigenvalue weighted by Gasteiger charge is -2.04. The molecule has 0 aliphatic carbocycles. The summed E-state index contributed by atoms with van der Waals surface area (Å²) in [6.07, 6.45) is 5.56. The molecule has 0 aliphatic heterocycles. The fourth-order valence-electron chi connectivity index (χ4n) is 14.1. The highest BCUT2D eigenvalue weighted by Crippen LogP contribution is 2.30. The summed E-state index contributed by atoms with van der Waals surface area (Å²) in [5, 5.41) is 23.2. The van der Waals surface area contributed by atoms with Crippen LogP contribution in [0.15, 0.2) is 406 Å². The summed E-state index contributed by atoms with van der Waals surface area (Å²) in [5.74, 6) is 5.43. The topological polar surface area (TPSA) is 55.4 Å². The SMILES string of the molecule is CC.CC.CC.CC.CC.CC.CC.CC.CC.CC.CC.CC.CC.CCc1cccc2ccccc12.CCc1cccc2ccccc12.CCc1cccc2ccccc12.CCc1cccc2ccccc12.CCc1cccc2ccccc12.COc1ccc2ccc(OC)cc2c1.COc1ccc2ccccc2c1.COc1cccc2ccccc12.COc1cccc2ccccc12.COc1ccccc1. The monoisotopic (exact) mass is 1940 g/mol. The highest BCUT2D eigenvalue weighted by atomic mass is 16.5. The summed E-state index contributed by atoms with van der Waals surface area (Å²) in [6, 6.07) is 140. The predicted molar refractivity (Wildman–Crippen MR) is 656 cm³/mol. The predicted octanol–water partition coefficient (Wildman–Crippen LogP) is 43.4. The van der Waals surface area contributed by atoms with Gasteiger partial charge in [0.1, 0.15) is 34.5 Å². The van der Waals surface area contributed by atoms with Crippen molar-refractivity contribution in [1.29, 1.82) is 0 Å². The van der Waals surface area contributed by atoms with E-state index in [-0.39, 0.29) is 0 Å². The quantitative estimate of drug-likeness (QED) is 0.129. The summed E-state index contributed by atoms with van der Waals surface area (Å²) >= 11 is 0. The van der Waals surface area contributed by atoms with E-state index in [4.69, 9.17) is 28.4 Å². The number of hydrogen-bond donors (Lipinski definition) is 0. The van der Waals surface area contributed by atoms with E-state index in [0.717, 1.165) is 72.0 Å². The van der Waals surface area contributed by atoms with Gasteiger partial charge in [-0.1, -0.05) is 560 Å². The van der Waals surface area contributed by atoms with Crippen LogP contribution in [0.25, 0.3) is 97.0 Å². The molecule has 0 aliphatic rings. The number of aryl methyl sites for hydroxylation is 5. The third-order valence-corrected chi connectivity index (χ3v) is 20.4. The van der Waals surface area contributed by atoms with Gasteiger partial charge in [0.25, 0.3) is 0 Å². The van der Waals surface area contributed by atoms with E-state index in [1.165, 1.54) is 119 Å². The maximum atomic E-state index is 5.23. The van der Waals surface area contributed by atoms with Crippen LogP contribution in [-0.4, -0.2) is 42.7 Å². The van der Waals surface area contributed by atoms with E-state index in [9.17, 15) is 0 Å². The lowest BCUT2D eigenvalue weighted by atomic mass is 10.0. The first-order valence-electron chi connectivity index (χ1n) is 53.7. The van der Waals surface area contributed by atoms with Gasteiger partial charge in [-0.3, -0.25) is 0 Å². The minimum Gasteiger partial charge on any atom is -0.497 e. The zero-order chi connectivity index (χ0) is 109. The molecule has 0 amide bonds. The van der Waals surface area contributed by atoms with Gasteiger partial charge < -0.3 is 28.4 Å². The van der Waals surface area contributed by atoms with E-state index in [1.807, 2.05) is 320 Å². The van der Waals surface area contributed by atoms with Crippen LogP contribution < -0.4 is 28.4 Å². The molecule has 19 aromatic carbocycles. The summed E-state index contributed by atoms with van der Waals surface area (Å²) in [7, 11) is 10.1. The molecule has 0 saturated heterocycles. The zero-order valence-electron chi connectivity index (χ0n) is 96.2. The van der Waals surface area contributed by atoms with Crippen molar-refractivity contribution < 1.29 is 28.4 Å². The van der Waals surface area contributed by atoms with Crippen LogP contribution in [0, 0.1) is 0 Å². The summed E-state index contributed by atoms with van der Waals surface area (Å²) in [4.78, 5) is 0. The lowest BCUT2D eigenvalue weighted by Crippen LogP contribution is -1.84. The molecule has 0 N–H and O–H groups in total. The van der Waals surface area contributed by atoms with E-state index < -0.39 is 0 Å². The number of hydrogen-bond acceptors (Lipinski definition) is 6. The van der Waals surface area contributed by atoms with Crippen molar-refractivity contribution in [3.63, 3.8) is 0 Å². The lowest BCUT2D eigenvalue weighted by molar-refractivity contribution is 0.414. The fraction of sp³-hybridized carbons (Fsp3) is 0.304. The van der Waals surface area contributed by atoms with Gasteiger partial charge in [0.2, 0.25) is 0 Å². The van der Waals surface area contributed by atoms with Gasteiger partial charge >= 0.3 is 0 Å². The molecule has 19 rings (SSSR count). The maximum absolute atomic E-state index is 5.23. The van der Waals surface area contributed by atoms with Crippen LogP contribution >= 0.6 is 0 Å². The van der Waals surface area contributed by atoms with Gasteiger partial charge in [0.15, 0.2) is 0 Å². The van der Waals surface area contributed by atoms with Crippen LogP contribution in [0.3, 0.4) is 0 Å². The molecular formula is C138H188O6. The molecular weight excluding hydrogens is 1750 g/mol. The molecule has 0 radical (unpaired) electrons. The third-order valence-electron chi connectivity index (χ3n) is 20.4. The molecule has 6 nitrogen and oxygen atoms in total. The molecule has 144 heavy (non-hydrogen) atoms. The second-order valence-corrected chi connectivity index (χ2v) is 27.6. The van der Waals surface area contributed by atoms with Crippen molar-refractivity contribution in [3.8, 4) is 34.5 Å². The number of para-hydroxylation sites is 1. The van der Waals surface area contributed by atoms with Gasteiger partial charge in [-0.2, -0.15) is 0 Å². The van der Waals surface area contributed by atoms with Crippen LogP contribution in [0.5, 0.6) is 34.5 Å². The van der Waals surface area contributed by atoms with E-state index in [1.54, 1.807) is 42.7 Å². The Hall–Kier alpha value is -13.7. The largest absolute Gasteiger partial charge is 0.497 e. The van der Waals surface area contributed by atoms with Crippen molar-refractivity contribution in [1.82, 2.24) is 0 Å². The smallest absolute Gasteiger partial charge is 0.126 e. The Morgan fingerprint density at radius 1 is 0.125 bits per heavy atom. The summed E-state index contributed by atoms with van der Waals surface area (Å²) in [5.41, 5.74) is 7.19.